The number of nitrogens with one attached hydrogen (secondary N) is 1. The number of aromatic nitrogens is 1. The maximum Gasteiger partial charge on any atom is 0.242 e. The van der Waals surface area contributed by atoms with Crippen LogP contribution in [0.2, 0.25) is 0 Å². The van der Waals surface area contributed by atoms with Gasteiger partial charge in [-0.2, -0.15) is 0 Å². The second-order valence-electron chi connectivity index (χ2n) is 4.61. The smallest absolute Gasteiger partial charge is 0.242 e. The van der Waals surface area contributed by atoms with Crippen molar-refractivity contribution in [2.45, 2.75) is 30.8 Å². The molecule has 0 spiro atoms. The van der Waals surface area contributed by atoms with E-state index in [1.807, 2.05) is 31.2 Å². The number of aliphatic hydroxyl groups excluding tert-OH is 1. The number of rotatable bonds is 6. The molecule has 0 aliphatic heterocycles. The third-order valence-corrected chi connectivity index (χ3v) is 4.54. The Kier molecular flexibility index (Phi) is 4.69. The quantitative estimate of drug-likeness (QED) is 0.849. The van der Waals surface area contributed by atoms with Crippen molar-refractivity contribution in [3.8, 4) is 0 Å². The first-order valence-electron chi connectivity index (χ1n) is 6.55. The molecule has 0 aliphatic carbocycles. The third kappa shape index (κ3) is 3.53. The monoisotopic (exact) mass is 294 g/mol. The van der Waals surface area contributed by atoms with E-state index < -0.39 is 16.1 Å². The van der Waals surface area contributed by atoms with Crippen molar-refractivity contribution in [2.24, 2.45) is 0 Å². The fourth-order valence-corrected chi connectivity index (χ4v) is 2.87. The molecule has 108 valence electrons. The topological polar surface area (TPSA) is 79.3 Å². The van der Waals surface area contributed by atoms with Gasteiger partial charge in [-0.3, -0.25) is 4.98 Å². The van der Waals surface area contributed by atoms with Gasteiger partial charge in [0.15, 0.2) is 0 Å². The highest BCUT2D eigenvalue weighted by Crippen LogP contribution is 2.16. The summed E-state index contributed by atoms with van der Waals surface area (Å²) in [6.07, 6.45) is 1.88. The molecule has 1 heterocycles. The van der Waals surface area contributed by atoms with Crippen LogP contribution >= 0.6 is 0 Å². The van der Waals surface area contributed by atoms with Crippen molar-refractivity contribution < 1.29 is 13.5 Å². The minimum Gasteiger partial charge on any atom is -0.393 e. The highest BCUT2D eigenvalue weighted by Gasteiger charge is 2.15. The molecule has 1 unspecified atom stereocenters. The first-order valence-corrected chi connectivity index (χ1v) is 8.04. The summed E-state index contributed by atoms with van der Waals surface area (Å²) in [5.41, 5.74) is 0.757. The van der Waals surface area contributed by atoms with Gasteiger partial charge in [0.1, 0.15) is 4.90 Å². The van der Waals surface area contributed by atoms with Crippen LogP contribution in [0.1, 0.15) is 19.8 Å². The zero-order valence-corrected chi connectivity index (χ0v) is 12.1. The Bertz CT molecular complexity index is 686. The van der Waals surface area contributed by atoms with Gasteiger partial charge in [-0.25, -0.2) is 13.1 Å². The van der Waals surface area contributed by atoms with Crippen LogP contribution in [0.4, 0.5) is 0 Å². The van der Waals surface area contributed by atoms with Crippen molar-refractivity contribution in [3.05, 3.63) is 36.5 Å². The highest BCUT2D eigenvalue weighted by atomic mass is 32.2. The summed E-state index contributed by atoms with van der Waals surface area (Å²) in [4.78, 5) is 4.28. The predicted octanol–water partition coefficient (Wildman–Crippen LogP) is 1.67. The van der Waals surface area contributed by atoms with Crippen molar-refractivity contribution in [1.29, 1.82) is 0 Å². The van der Waals surface area contributed by atoms with Gasteiger partial charge in [-0.15, -0.1) is 0 Å². The average Bonchev–Trinajstić information content (AvgIpc) is 2.46. The summed E-state index contributed by atoms with van der Waals surface area (Å²) in [6, 6.07) is 8.94. The second kappa shape index (κ2) is 6.30. The van der Waals surface area contributed by atoms with E-state index in [0.29, 0.717) is 12.8 Å². The van der Waals surface area contributed by atoms with Gasteiger partial charge < -0.3 is 5.11 Å². The maximum absolute atomic E-state index is 12.1. The van der Waals surface area contributed by atoms with Crippen LogP contribution < -0.4 is 4.72 Å². The molecule has 0 saturated heterocycles. The molecular formula is C14H18N2O3S. The lowest BCUT2D eigenvalue weighted by Crippen LogP contribution is -2.27. The van der Waals surface area contributed by atoms with Crippen molar-refractivity contribution in [1.82, 2.24) is 9.71 Å². The lowest BCUT2D eigenvalue weighted by atomic mass is 10.2. The SMILES string of the molecule is CCC(O)CCNS(=O)(=O)c1cnc2ccccc2c1. The summed E-state index contributed by atoms with van der Waals surface area (Å²) in [6.45, 7) is 2.07. The molecule has 2 rings (SSSR count). The van der Waals surface area contributed by atoms with E-state index in [-0.39, 0.29) is 11.4 Å². The van der Waals surface area contributed by atoms with Crippen LogP contribution in [0.25, 0.3) is 10.9 Å². The number of sulfonamides is 1. The molecule has 1 aromatic carbocycles. The molecular weight excluding hydrogens is 276 g/mol. The Balaban J connectivity index is 2.15. The first kappa shape index (κ1) is 14.9. The van der Waals surface area contributed by atoms with E-state index >= 15 is 0 Å². The molecule has 6 heteroatoms. The second-order valence-corrected chi connectivity index (χ2v) is 6.38. The van der Waals surface area contributed by atoms with Crippen LogP contribution in [-0.2, 0) is 10.0 Å². The van der Waals surface area contributed by atoms with E-state index in [4.69, 9.17) is 0 Å². The summed E-state index contributed by atoms with van der Waals surface area (Å²) >= 11 is 0. The molecule has 2 aromatic rings. The van der Waals surface area contributed by atoms with Crippen LogP contribution in [0.3, 0.4) is 0 Å². The number of benzene rings is 1. The Morgan fingerprint density at radius 3 is 2.85 bits per heavy atom. The molecule has 20 heavy (non-hydrogen) atoms. The summed E-state index contributed by atoms with van der Waals surface area (Å²) in [5, 5.41) is 10.2. The van der Waals surface area contributed by atoms with Crippen LogP contribution in [0.5, 0.6) is 0 Å². The Hall–Kier alpha value is -1.50. The lowest BCUT2D eigenvalue weighted by Gasteiger charge is -2.09. The first-order chi connectivity index (χ1) is 9.53. The van der Waals surface area contributed by atoms with E-state index in [0.717, 1.165) is 10.9 Å². The number of hydrogen-bond donors (Lipinski definition) is 2. The largest absolute Gasteiger partial charge is 0.393 e. The Morgan fingerprint density at radius 2 is 2.10 bits per heavy atom. The molecule has 1 atom stereocenters. The number of nitrogens with zero attached hydrogens (tertiary/aromatic N) is 1. The predicted molar refractivity (Wildman–Crippen MR) is 77.8 cm³/mol. The number of para-hydroxylation sites is 1. The van der Waals surface area contributed by atoms with Gasteiger partial charge in [0.2, 0.25) is 10.0 Å². The summed E-state index contributed by atoms with van der Waals surface area (Å²) < 4.78 is 26.7. The number of aliphatic hydroxyl groups is 1. The van der Waals surface area contributed by atoms with Crippen molar-refractivity contribution in [2.75, 3.05) is 6.54 Å². The molecule has 5 nitrogen and oxygen atoms in total. The van der Waals surface area contributed by atoms with Crippen LogP contribution in [0, 0.1) is 0 Å². The number of hydrogen-bond acceptors (Lipinski definition) is 4. The maximum atomic E-state index is 12.1. The van der Waals surface area contributed by atoms with E-state index in [2.05, 4.69) is 9.71 Å². The molecule has 0 aliphatic rings. The number of fused-ring (bicyclic) bond motifs is 1. The Labute approximate surface area is 118 Å². The third-order valence-electron chi connectivity index (χ3n) is 3.12. The lowest BCUT2D eigenvalue weighted by molar-refractivity contribution is 0.162. The van der Waals surface area contributed by atoms with Gasteiger partial charge in [-0.1, -0.05) is 25.1 Å². The normalized spacial score (nSPS) is 13.5. The van der Waals surface area contributed by atoms with E-state index in [9.17, 15) is 13.5 Å². The van der Waals surface area contributed by atoms with Gasteiger partial charge in [-0.05, 0) is 25.0 Å². The molecule has 0 saturated carbocycles. The summed E-state index contributed by atoms with van der Waals surface area (Å²) in [5.74, 6) is 0. The standard InChI is InChI=1S/C14H18N2O3S/c1-2-12(17)7-8-16-20(18,19)13-9-11-5-3-4-6-14(11)15-10-13/h3-6,9-10,12,16-17H,2,7-8H2,1H3. The van der Waals surface area contributed by atoms with Gasteiger partial charge in [0.05, 0.1) is 11.6 Å². The highest BCUT2D eigenvalue weighted by molar-refractivity contribution is 7.89. The fraction of sp³-hybridized carbons (Fsp3) is 0.357. The van der Waals surface area contributed by atoms with Crippen LogP contribution in [-0.4, -0.2) is 31.2 Å². The minimum absolute atomic E-state index is 0.141. The Morgan fingerprint density at radius 1 is 1.35 bits per heavy atom. The average molecular weight is 294 g/mol. The van der Waals surface area contributed by atoms with Gasteiger partial charge >= 0.3 is 0 Å². The molecule has 0 bridgehead atoms. The fourth-order valence-electron chi connectivity index (χ4n) is 1.85. The van der Waals surface area contributed by atoms with Crippen molar-refractivity contribution in [3.63, 3.8) is 0 Å². The number of pyridine rings is 1. The van der Waals surface area contributed by atoms with Crippen LogP contribution in [0.15, 0.2) is 41.4 Å². The zero-order valence-electron chi connectivity index (χ0n) is 11.3. The molecule has 0 amide bonds. The molecule has 1 aromatic heterocycles. The van der Waals surface area contributed by atoms with E-state index in [1.54, 1.807) is 6.07 Å². The summed E-state index contributed by atoms with van der Waals surface area (Å²) in [7, 11) is -3.58. The minimum atomic E-state index is -3.58. The molecule has 0 radical (unpaired) electrons. The van der Waals surface area contributed by atoms with Crippen molar-refractivity contribution >= 4 is 20.9 Å². The molecule has 0 fully saturated rings. The zero-order chi connectivity index (χ0) is 14.6. The molecule has 2 N–H and O–H groups in total. The van der Waals surface area contributed by atoms with Gasteiger partial charge in [0.25, 0.3) is 0 Å². The van der Waals surface area contributed by atoms with Gasteiger partial charge in [0, 0.05) is 18.1 Å². The van der Waals surface area contributed by atoms with E-state index in [1.165, 1.54) is 6.20 Å².